The normalized spacial score (nSPS) is 19.6. The molecular formula is C20H15F3N2O3. The van der Waals surface area contributed by atoms with Gasteiger partial charge in [0.25, 0.3) is 5.91 Å². The molecule has 1 saturated heterocycles. The van der Waals surface area contributed by atoms with Crippen LogP contribution in [0.25, 0.3) is 11.1 Å². The highest BCUT2D eigenvalue weighted by molar-refractivity contribution is 6.05. The van der Waals surface area contributed by atoms with Gasteiger partial charge in [-0.05, 0) is 35.2 Å². The van der Waals surface area contributed by atoms with Crippen LogP contribution in [-0.2, 0) is 22.3 Å². The number of fused-ring (bicyclic) bond motifs is 1. The second-order valence-corrected chi connectivity index (χ2v) is 6.82. The smallest absolute Gasteiger partial charge is 0.322 e. The van der Waals surface area contributed by atoms with Crippen molar-refractivity contribution in [3.8, 4) is 11.1 Å². The van der Waals surface area contributed by atoms with Crippen molar-refractivity contribution in [3.63, 3.8) is 0 Å². The number of carbonyl (C=O) groups is 3. The van der Waals surface area contributed by atoms with Gasteiger partial charge in [0, 0.05) is 18.5 Å². The molecule has 2 aliphatic rings. The Morgan fingerprint density at radius 3 is 2.36 bits per heavy atom. The minimum absolute atomic E-state index is 0.00947. The summed E-state index contributed by atoms with van der Waals surface area (Å²) in [5, 5.41) is 2.17. The molecule has 0 radical (unpaired) electrons. The number of alkyl halides is 3. The van der Waals surface area contributed by atoms with E-state index in [1.165, 1.54) is 11.0 Å². The van der Waals surface area contributed by atoms with Crippen molar-refractivity contribution in [1.82, 2.24) is 10.2 Å². The van der Waals surface area contributed by atoms with E-state index in [0.717, 1.165) is 6.07 Å². The summed E-state index contributed by atoms with van der Waals surface area (Å²) in [6, 6.07) is 9.51. The molecule has 1 unspecified atom stereocenters. The van der Waals surface area contributed by atoms with Crippen LogP contribution in [0, 0.1) is 0 Å². The molecular weight excluding hydrogens is 373 g/mol. The molecule has 8 heteroatoms. The first kappa shape index (κ1) is 18.2. The standard InChI is InChI=1S/C20H15F3N2O3/c21-20(22,23)15-9-14-12(8-13(15)11-4-2-1-3-5-11)10-25(19(14)28)16-6-7-17(26)24-18(16)27/h1-5,8-9,16H,6-7,10H2,(H,24,26,27). The molecule has 0 aliphatic carbocycles. The number of halogens is 3. The fraction of sp³-hybridized carbons (Fsp3) is 0.250. The van der Waals surface area contributed by atoms with Crippen molar-refractivity contribution >= 4 is 17.7 Å². The molecule has 144 valence electrons. The number of rotatable bonds is 2. The van der Waals surface area contributed by atoms with Crippen molar-refractivity contribution in [2.75, 3.05) is 0 Å². The van der Waals surface area contributed by atoms with Gasteiger partial charge in [0.1, 0.15) is 6.04 Å². The Hall–Kier alpha value is -3.16. The van der Waals surface area contributed by atoms with E-state index in [9.17, 15) is 27.6 Å². The number of piperidine rings is 1. The SMILES string of the molecule is O=C1CCC(N2Cc3cc(-c4ccccc4)c(C(F)(F)F)cc3C2=O)C(=O)N1. The quantitative estimate of drug-likeness (QED) is 0.804. The monoisotopic (exact) mass is 388 g/mol. The first-order chi connectivity index (χ1) is 13.3. The molecule has 2 heterocycles. The molecule has 2 aliphatic heterocycles. The zero-order valence-corrected chi connectivity index (χ0v) is 14.5. The van der Waals surface area contributed by atoms with Gasteiger partial charge in [-0.15, -0.1) is 0 Å². The van der Waals surface area contributed by atoms with Gasteiger partial charge >= 0.3 is 6.18 Å². The van der Waals surface area contributed by atoms with Crippen molar-refractivity contribution in [3.05, 3.63) is 59.2 Å². The highest BCUT2D eigenvalue weighted by atomic mass is 19.4. The van der Waals surface area contributed by atoms with E-state index in [1.54, 1.807) is 30.3 Å². The minimum Gasteiger partial charge on any atom is -0.322 e. The van der Waals surface area contributed by atoms with E-state index in [4.69, 9.17) is 0 Å². The summed E-state index contributed by atoms with van der Waals surface area (Å²) < 4.78 is 41.0. The minimum atomic E-state index is -4.64. The summed E-state index contributed by atoms with van der Waals surface area (Å²) in [6.45, 7) is 0.0262. The molecule has 0 aromatic heterocycles. The third kappa shape index (κ3) is 3.04. The fourth-order valence-electron chi connectivity index (χ4n) is 3.71. The molecule has 0 bridgehead atoms. The maximum Gasteiger partial charge on any atom is 0.417 e. The lowest BCUT2D eigenvalue weighted by Gasteiger charge is -2.29. The number of nitrogens with one attached hydrogen (secondary N) is 1. The summed E-state index contributed by atoms with van der Waals surface area (Å²) in [7, 11) is 0. The number of benzene rings is 2. The van der Waals surface area contributed by atoms with Crippen molar-refractivity contribution in [2.45, 2.75) is 31.6 Å². The Balaban J connectivity index is 1.77. The summed E-state index contributed by atoms with van der Waals surface area (Å²) >= 11 is 0. The van der Waals surface area contributed by atoms with Gasteiger partial charge in [-0.25, -0.2) is 0 Å². The number of carbonyl (C=O) groups excluding carboxylic acids is 3. The van der Waals surface area contributed by atoms with Gasteiger partial charge in [0.05, 0.1) is 5.56 Å². The molecule has 4 rings (SSSR count). The second-order valence-electron chi connectivity index (χ2n) is 6.82. The van der Waals surface area contributed by atoms with E-state index < -0.39 is 35.5 Å². The molecule has 2 aromatic rings. The Labute approximate surface area is 158 Å². The average Bonchev–Trinajstić information content (AvgIpc) is 2.97. The highest BCUT2D eigenvalue weighted by Crippen LogP contribution is 2.41. The van der Waals surface area contributed by atoms with Gasteiger partial charge in [0.2, 0.25) is 11.8 Å². The molecule has 2 aromatic carbocycles. The first-order valence-corrected chi connectivity index (χ1v) is 8.70. The number of hydrogen-bond acceptors (Lipinski definition) is 3. The van der Waals surface area contributed by atoms with Gasteiger partial charge in [-0.2, -0.15) is 13.2 Å². The zero-order valence-electron chi connectivity index (χ0n) is 14.5. The Morgan fingerprint density at radius 1 is 1.00 bits per heavy atom. The Morgan fingerprint density at radius 2 is 1.71 bits per heavy atom. The summed E-state index contributed by atoms with van der Waals surface area (Å²) in [6.07, 6.45) is -4.40. The molecule has 0 saturated carbocycles. The van der Waals surface area contributed by atoms with Crippen molar-refractivity contribution in [1.29, 1.82) is 0 Å². The van der Waals surface area contributed by atoms with Crippen LogP contribution in [0.5, 0.6) is 0 Å². The average molecular weight is 388 g/mol. The highest BCUT2D eigenvalue weighted by Gasteiger charge is 2.42. The Bertz CT molecular complexity index is 986. The summed E-state index contributed by atoms with van der Waals surface area (Å²) in [5.41, 5.74) is -0.136. The van der Waals surface area contributed by atoms with Crippen LogP contribution in [0.15, 0.2) is 42.5 Å². The van der Waals surface area contributed by atoms with E-state index in [-0.39, 0.29) is 30.5 Å². The molecule has 28 heavy (non-hydrogen) atoms. The maximum atomic E-state index is 13.7. The van der Waals surface area contributed by atoms with E-state index in [2.05, 4.69) is 5.32 Å². The number of amides is 3. The molecule has 5 nitrogen and oxygen atoms in total. The fourth-order valence-corrected chi connectivity index (χ4v) is 3.71. The van der Waals surface area contributed by atoms with E-state index in [0.29, 0.717) is 11.1 Å². The van der Waals surface area contributed by atoms with Crippen LogP contribution in [-0.4, -0.2) is 28.7 Å². The first-order valence-electron chi connectivity index (χ1n) is 8.70. The predicted molar refractivity (Wildman–Crippen MR) is 92.9 cm³/mol. The lowest BCUT2D eigenvalue weighted by atomic mass is 9.94. The molecule has 1 N–H and O–H groups in total. The van der Waals surface area contributed by atoms with Crippen LogP contribution in [0.4, 0.5) is 13.2 Å². The van der Waals surface area contributed by atoms with Gasteiger partial charge in [-0.1, -0.05) is 30.3 Å². The van der Waals surface area contributed by atoms with Crippen LogP contribution < -0.4 is 5.32 Å². The molecule has 3 amide bonds. The largest absolute Gasteiger partial charge is 0.417 e. The zero-order chi connectivity index (χ0) is 20.1. The van der Waals surface area contributed by atoms with Crippen LogP contribution in [0.3, 0.4) is 0 Å². The predicted octanol–water partition coefficient (Wildman–Crippen LogP) is 3.13. The van der Waals surface area contributed by atoms with E-state index >= 15 is 0 Å². The van der Waals surface area contributed by atoms with Crippen molar-refractivity contribution in [2.24, 2.45) is 0 Å². The van der Waals surface area contributed by atoms with Gasteiger partial charge in [-0.3, -0.25) is 19.7 Å². The maximum absolute atomic E-state index is 13.7. The van der Waals surface area contributed by atoms with Crippen LogP contribution in [0.2, 0.25) is 0 Å². The van der Waals surface area contributed by atoms with Gasteiger partial charge < -0.3 is 4.90 Å². The number of nitrogens with zero attached hydrogens (tertiary/aromatic N) is 1. The summed E-state index contributed by atoms with van der Waals surface area (Å²) in [5.74, 6) is -1.65. The Kier molecular flexibility index (Phi) is 4.21. The molecule has 1 atom stereocenters. The number of imide groups is 1. The topological polar surface area (TPSA) is 66.5 Å². The third-order valence-electron chi connectivity index (χ3n) is 5.05. The molecule has 0 spiro atoms. The third-order valence-corrected chi connectivity index (χ3v) is 5.05. The second kappa shape index (κ2) is 6.47. The van der Waals surface area contributed by atoms with Crippen molar-refractivity contribution < 1.29 is 27.6 Å². The van der Waals surface area contributed by atoms with Crippen LogP contribution >= 0.6 is 0 Å². The van der Waals surface area contributed by atoms with E-state index in [1.807, 2.05) is 0 Å². The number of hydrogen-bond donors (Lipinski definition) is 1. The van der Waals surface area contributed by atoms with Gasteiger partial charge in [0.15, 0.2) is 0 Å². The van der Waals surface area contributed by atoms with Crippen LogP contribution in [0.1, 0.15) is 34.3 Å². The summed E-state index contributed by atoms with van der Waals surface area (Å²) in [4.78, 5) is 37.4. The lowest BCUT2D eigenvalue weighted by molar-refractivity contribution is -0.138. The lowest BCUT2D eigenvalue weighted by Crippen LogP contribution is -2.52. The molecule has 1 fully saturated rings.